The van der Waals surface area contributed by atoms with Gasteiger partial charge in [0, 0.05) is 10.2 Å². The zero-order chi connectivity index (χ0) is 6.41. The Hall–Kier alpha value is 0.960. The maximum absolute atomic E-state index is 3.56. The van der Waals surface area contributed by atoms with Gasteiger partial charge in [0.15, 0.2) is 0 Å². The van der Waals surface area contributed by atoms with Crippen LogP contribution in [0.1, 0.15) is 26.2 Å². The van der Waals surface area contributed by atoms with Crippen LogP contribution in [0.3, 0.4) is 0 Å². The van der Waals surface area contributed by atoms with E-state index in [4.69, 9.17) is 0 Å². The highest BCUT2D eigenvalue weighted by atomic mass is 79.9. The van der Waals surface area contributed by atoms with Crippen LogP contribution in [0.2, 0.25) is 0 Å². The molecular formula is C6H12Br2. The lowest BCUT2D eigenvalue weighted by Gasteiger charge is -2.01. The second-order valence-corrected chi connectivity index (χ2v) is 3.92. The largest absolute Gasteiger partial charge is 0.0928 e. The molecule has 0 amide bonds. The Morgan fingerprint density at radius 2 is 2.12 bits per heavy atom. The second kappa shape index (κ2) is 6.09. The topological polar surface area (TPSA) is 0 Å². The highest BCUT2D eigenvalue weighted by Crippen LogP contribution is 2.11. The average Bonchev–Trinajstić information content (AvgIpc) is 1.83. The van der Waals surface area contributed by atoms with E-state index < -0.39 is 0 Å². The first-order valence-corrected chi connectivity index (χ1v) is 5.05. The highest BCUT2D eigenvalue weighted by Gasteiger charge is 1.97. The molecule has 0 rings (SSSR count). The smallest absolute Gasteiger partial charge is 0.0143 e. The van der Waals surface area contributed by atoms with Gasteiger partial charge in [0.25, 0.3) is 0 Å². The first-order chi connectivity index (χ1) is 3.81. The Kier molecular flexibility index (Phi) is 6.82. The van der Waals surface area contributed by atoms with Gasteiger partial charge in [-0.25, -0.2) is 0 Å². The SMILES string of the molecule is CCC(Br)CCCBr. The van der Waals surface area contributed by atoms with Crippen LogP contribution in [0.5, 0.6) is 0 Å². The van der Waals surface area contributed by atoms with Gasteiger partial charge in [0.2, 0.25) is 0 Å². The Bertz CT molecular complexity index is 45.8. The summed E-state index contributed by atoms with van der Waals surface area (Å²) in [6.45, 7) is 2.20. The first kappa shape index (κ1) is 8.96. The van der Waals surface area contributed by atoms with Gasteiger partial charge in [-0.1, -0.05) is 38.8 Å². The van der Waals surface area contributed by atoms with Crippen LogP contribution in [0.15, 0.2) is 0 Å². The lowest BCUT2D eigenvalue weighted by Crippen LogP contribution is -1.94. The second-order valence-electron chi connectivity index (χ2n) is 1.84. The molecule has 1 atom stereocenters. The summed E-state index contributed by atoms with van der Waals surface area (Å²) >= 11 is 6.94. The van der Waals surface area contributed by atoms with Crippen LogP contribution in [0.25, 0.3) is 0 Å². The lowest BCUT2D eigenvalue weighted by atomic mass is 10.2. The summed E-state index contributed by atoms with van der Waals surface area (Å²) in [5, 5.41) is 1.13. The molecule has 50 valence electrons. The number of hydrogen-bond acceptors (Lipinski definition) is 0. The van der Waals surface area contributed by atoms with E-state index in [2.05, 4.69) is 38.8 Å². The monoisotopic (exact) mass is 242 g/mol. The van der Waals surface area contributed by atoms with Crippen LogP contribution in [0, 0.1) is 0 Å². The van der Waals surface area contributed by atoms with Crippen molar-refractivity contribution in [2.45, 2.75) is 31.0 Å². The van der Waals surface area contributed by atoms with Crippen LogP contribution in [0.4, 0.5) is 0 Å². The van der Waals surface area contributed by atoms with Crippen molar-refractivity contribution < 1.29 is 0 Å². The molecule has 0 fully saturated rings. The molecule has 0 aliphatic rings. The predicted molar refractivity (Wildman–Crippen MR) is 46.0 cm³/mol. The molecule has 0 aromatic carbocycles. The molecule has 0 heterocycles. The molecule has 0 aromatic rings. The maximum atomic E-state index is 3.56. The van der Waals surface area contributed by atoms with Crippen molar-refractivity contribution in [3.05, 3.63) is 0 Å². The fraction of sp³-hybridized carbons (Fsp3) is 1.00. The standard InChI is InChI=1S/C6H12Br2/c1-2-6(8)4-3-5-7/h6H,2-5H2,1H3. The van der Waals surface area contributed by atoms with Gasteiger partial charge in [-0.3, -0.25) is 0 Å². The Morgan fingerprint density at radius 3 is 2.50 bits per heavy atom. The molecular weight excluding hydrogens is 232 g/mol. The van der Waals surface area contributed by atoms with Crippen molar-refractivity contribution in [2.75, 3.05) is 5.33 Å². The minimum absolute atomic E-state index is 0.736. The van der Waals surface area contributed by atoms with Crippen molar-refractivity contribution >= 4 is 31.9 Å². The Morgan fingerprint density at radius 1 is 1.50 bits per heavy atom. The molecule has 0 radical (unpaired) electrons. The fourth-order valence-electron chi connectivity index (χ4n) is 0.503. The summed E-state index contributed by atoms with van der Waals surface area (Å²) in [6, 6.07) is 0. The Labute approximate surface area is 68.3 Å². The van der Waals surface area contributed by atoms with Gasteiger partial charge in [0.05, 0.1) is 0 Å². The van der Waals surface area contributed by atoms with E-state index in [1.165, 1.54) is 19.3 Å². The van der Waals surface area contributed by atoms with E-state index in [1.54, 1.807) is 0 Å². The van der Waals surface area contributed by atoms with Crippen LogP contribution >= 0.6 is 31.9 Å². The molecule has 8 heavy (non-hydrogen) atoms. The zero-order valence-corrected chi connectivity index (χ0v) is 8.33. The van der Waals surface area contributed by atoms with Crippen molar-refractivity contribution in [2.24, 2.45) is 0 Å². The van der Waals surface area contributed by atoms with Gasteiger partial charge < -0.3 is 0 Å². The minimum atomic E-state index is 0.736. The van der Waals surface area contributed by atoms with Gasteiger partial charge >= 0.3 is 0 Å². The number of alkyl halides is 2. The zero-order valence-electron chi connectivity index (χ0n) is 5.16. The van der Waals surface area contributed by atoms with E-state index >= 15 is 0 Å². The van der Waals surface area contributed by atoms with Gasteiger partial charge in [-0.2, -0.15) is 0 Å². The summed E-state index contributed by atoms with van der Waals surface area (Å²) in [5.41, 5.74) is 0. The Balaban J connectivity index is 2.86. The highest BCUT2D eigenvalue weighted by molar-refractivity contribution is 9.09. The van der Waals surface area contributed by atoms with Crippen LogP contribution < -0.4 is 0 Å². The van der Waals surface area contributed by atoms with Gasteiger partial charge in [-0.15, -0.1) is 0 Å². The lowest BCUT2D eigenvalue weighted by molar-refractivity contribution is 0.737. The molecule has 0 saturated carbocycles. The van der Waals surface area contributed by atoms with E-state index in [-0.39, 0.29) is 0 Å². The number of rotatable bonds is 4. The third-order valence-electron chi connectivity index (χ3n) is 1.09. The summed E-state index contributed by atoms with van der Waals surface area (Å²) in [7, 11) is 0. The van der Waals surface area contributed by atoms with Gasteiger partial charge in [-0.05, 0) is 19.3 Å². The molecule has 0 bridgehead atoms. The van der Waals surface area contributed by atoms with Gasteiger partial charge in [0.1, 0.15) is 0 Å². The molecule has 0 nitrogen and oxygen atoms in total. The maximum Gasteiger partial charge on any atom is 0.0143 e. The molecule has 0 aromatic heterocycles. The van der Waals surface area contributed by atoms with Crippen molar-refractivity contribution in [1.29, 1.82) is 0 Å². The summed E-state index contributed by atoms with van der Waals surface area (Å²) < 4.78 is 0. The van der Waals surface area contributed by atoms with E-state index in [0.29, 0.717) is 0 Å². The molecule has 0 saturated heterocycles. The van der Waals surface area contributed by atoms with Crippen LogP contribution in [-0.2, 0) is 0 Å². The summed E-state index contributed by atoms with van der Waals surface area (Å²) in [4.78, 5) is 0.736. The third kappa shape index (κ3) is 5.10. The fourth-order valence-corrected chi connectivity index (χ4v) is 1.15. The van der Waals surface area contributed by atoms with Crippen LogP contribution in [-0.4, -0.2) is 10.2 Å². The molecule has 0 aliphatic carbocycles. The van der Waals surface area contributed by atoms with E-state index in [0.717, 1.165) is 10.2 Å². The molecule has 0 N–H and O–H groups in total. The van der Waals surface area contributed by atoms with Crippen molar-refractivity contribution in [1.82, 2.24) is 0 Å². The molecule has 1 unspecified atom stereocenters. The number of halogens is 2. The van der Waals surface area contributed by atoms with Crippen molar-refractivity contribution in [3.63, 3.8) is 0 Å². The van der Waals surface area contributed by atoms with Crippen molar-refractivity contribution in [3.8, 4) is 0 Å². The third-order valence-corrected chi connectivity index (χ3v) is 2.76. The normalized spacial score (nSPS) is 13.9. The summed E-state index contributed by atoms with van der Waals surface area (Å²) in [5.74, 6) is 0. The quantitative estimate of drug-likeness (QED) is 0.665. The predicted octanol–water partition coefficient (Wildman–Crippen LogP) is 3.34. The first-order valence-electron chi connectivity index (χ1n) is 3.01. The number of hydrogen-bond donors (Lipinski definition) is 0. The molecule has 0 spiro atoms. The van der Waals surface area contributed by atoms with E-state index in [1.807, 2.05) is 0 Å². The minimum Gasteiger partial charge on any atom is -0.0928 e. The van der Waals surface area contributed by atoms with E-state index in [9.17, 15) is 0 Å². The molecule has 2 heteroatoms. The summed E-state index contributed by atoms with van der Waals surface area (Å²) in [6.07, 6.45) is 3.82. The average molecular weight is 244 g/mol. The molecule has 0 aliphatic heterocycles.